The highest BCUT2D eigenvalue weighted by Gasteiger charge is 2.25. The van der Waals surface area contributed by atoms with E-state index in [1.165, 1.54) is 30.8 Å². The molecule has 90 valence electrons. The lowest BCUT2D eigenvalue weighted by molar-refractivity contribution is 0.341. The fraction of sp³-hybridized carbons (Fsp3) is 0.727. The summed E-state index contributed by atoms with van der Waals surface area (Å²) in [5.41, 5.74) is 5.83. The van der Waals surface area contributed by atoms with Crippen LogP contribution in [0.5, 0.6) is 5.75 Å². The molecule has 2 heterocycles. The molecular weight excluding hydrogens is 222 g/mol. The van der Waals surface area contributed by atoms with Crippen molar-refractivity contribution in [1.29, 1.82) is 0 Å². The number of hydrogen-bond acceptors (Lipinski definition) is 5. The van der Waals surface area contributed by atoms with E-state index in [4.69, 9.17) is 10.5 Å². The molecule has 1 aliphatic heterocycles. The van der Waals surface area contributed by atoms with Crippen LogP contribution in [0.15, 0.2) is 0 Å². The van der Waals surface area contributed by atoms with Crippen molar-refractivity contribution in [3.63, 3.8) is 0 Å². The number of ether oxygens (including phenoxy) is 1. The van der Waals surface area contributed by atoms with Crippen LogP contribution in [0.4, 0.5) is 10.8 Å². The van der Waals surface area contributed by atoms with Crippen molar-refractivity contribution >= 4 is 22.4 Å². The van der Waals surface area contributed by atoms with E-state index in [2.05, 4.69) is 16.2 Å². The summed E-state index contributed by atoms with van der Waals surface area (Å²) in [6, 6.07) is 0.563. The highest BCUT2D eigenvalue weighted by Crippen LogP contribution is 2.40. The fourth-order valence-corrected chi connectivity index (χ4v) is 3.04. The van der Waals surface area contributed by atoms with E-state index in [0.29, 0.717) is 18.5 Å². The van der Waals surface area contributed by atoms with Gasteiger partial charge in [0.25, 0.3) is 0 Å². The third-order valence-electron chi connectivity index (χ3n) is 3.01. The topological polar surface area (TPSA) is 51.4 Å². The molecule has 16 heavy (non-hydrogen) atoms. The van der Waals surface area contributed by atoms with Gasteiger partial charge in [-0.05, 0) is 44.6 Å². The number of aromatic nitrogens is 1. The van der Waals surface area contributed by atoms with Gasteiger partial charge < -0.3 is 15.4 Å². The van der Waals surface area contributed by atoms with Gasteiger partial charge in [0.15, 0.2) is 16.6 Å². The van der Waals surface area contributed by atoms with Crippen LogP contribution < -0.4 is 15.4 Å². The van der Waals surface area contributed by atoms with E-state index in [9.17, 15) is 0 Å². The number of hydrogen-bond donors (Lipinski definition) is 1. The minimum Gasteiger partial charge on any atom is -0.487 e. The first-order valence-corrected chi connectivity index (χ1v) is 6.66. The zero-order valence-corrected chi connectivity index (χ0v) is 10.7. The van der Waals surface area contributed by atoms with Gasteiger partial charge in [0.1, 0.15) is 0 Å². The summed E-state index contributed by atoms with van der Waals surface area (Å²) < 4.78 is 9.79. The molecule has 0 aromatic carbocycles. The molecule has 4 nitrogen and oxygen atoms in total. The van der Waals surface area contributed by atoms with Gasteiger partial charge in [0, 0.05) is 12.6 Å². The second-order valence-corrected chi connectivity index (χ2v) is 4.93. The summed E-state index contributed by atoms with van der Waals surface area (Å²) in [7, 11) is 0. The first-order valence-electron chi connectivity index (χ1n) is 5.88. The Balaban J connectivity index is 2.24. The van der Waals surface area contributed by atoms with Gasteiger partial charge >= 0.3 is 0 Å². The summed E-state index contributed by atoms with van der Waals surface area (Å²) in [5, 5.41) is 1.10. The largest absolute Gasteiger partial charge is 0.487 e. The lowest BCUT2D eigenvalue weighted by atomic mass is 10.0. The van der Waals surface area contributed by atoms with Crippen LogP contribution in [-0.2, 0) is 0 Å². The van der Waals surface area contributed by atoms with Gasteiger partial charge in [-0.15, -0.1) is 0 Å². The highest BCUT2D eigenvalue weighted by molar-refractivity contribution is 7.11. The van der Waals surface area contributed by atoms with Gasteiger partial charge in [-0.25, -0.2) is 0 Å². The third kappa shape index (κ3) is 2.09. The normalized spacial score (nSPS) is 21.1. The van der Waals surface area contributed by atoms with Gasteiger partial charge in [0.2, 0.25) is 0 Å². The number of rotatable bonds is 3. The van der Waals surface area contributed by atoms with Crippen LogP contribution in [0.25, 0.3) is 0 Å². The Morgan fingerprint density at radius 3 is 3.06 bits per heavy atom. The molecule has 1 aromatic rings. The standard InChI is InChI=1S/C11H19N3OS/c1-3-15-9-10(12)13-16-11(9)14-7-5-4-6-8(14)2/h8H,3-7H2,1-2H3,(H2,12,13). The molecule has 1 saturated heterocycles. The van der Waals surface area contributed by atoms with Gasteiger partial charge in [-0.1, -0.05) is 0 Å². The zero-order valence-electron chi connectivity index (χ0n) is 9.90. The maximum absolute atomic E-state index is 5.83. The second kappa shape index (κ2) is 4.91. The summed E-state index contributed by atoms with van der Waals surface area (Å²) in [4.78, 5) is 2.38. The van der Waals surface area contributed by atoms with Crippen molar-refractivity contribution in [2.75, 3.05) is 23.8 Å². The second-order valence-electron chi connectivity index (χ2n) is 4.17. The highest BCUT2D eigenvalue weighted by atomic mass is 32.1. The van der Waals surface area contributed by atoms with Gasteiger partial charge in [0.05, 0.1) is 6.61 Å². The molecule has 0 saturated carbocycles. The van der Waals surface area contributed by atoms with E-state index >= 15 is 0 Å². The predicted octanol–water partition coefficient (Wildman–Crippen LogP) is 2.50. The molecule has 5 heteroatoms. The molecule has 1 aromatic heterocycles. The van der Waals surface area contributed by atoms with Crippen LogP contribution >= 0.6 is 11.5 Å². The Morgan fingerprint density at radius 1 is 1.56 bits per heavy atom. The molecule has 1 unspecified atom stereocenters. The van der Waals surface area contributed by atoms with E-state index < -0.39 is 0 Å². The predicted molar refractivity (Wildman–Crippen MR) is 68.4 cm³/mol. The van der Waals surface area contributed by atoms with Crippen LogP contribution in [0.2, 0.25) is 0 Å². The van der Waals surface area contributed by atoms with E-state index in [0.717, 1.165) is 17.3 Å². The van der Waals surface area contributed by atoms with Crippen molar-refractivity contribution in [1.82, 2.24) is 4.37 Å². The molecule has 2 N–H and O–H groups in total. The van der Waals surface area contributed by atoms with E-state index in [1.807, 2.05) is 6.92 Å². The molecule has 0 aliphatic carbocycles. The molecule has 1 fully saturated rings. The van der Waals surface area contributed by atoms with Crippen LogP contribution in [0.3, 0.4) is 0 Å². The smallest absolute Gasteiger partial charge is 0.197 e. The number of nitrogens with two attached hydrogens (primary N) is 1. The molecule has 0 radical (unpaired) electrons. The summed E-state index contributed by atoms with van der Waals surface area (Å²) in [6.07, 6.45) is 3.80. The van der Waals surface area contributed by atoms with Crippen molar-refractivity contribution in [3.8, 4) is 5.75 Å². The summed E-state index contributed by atoms with van der Waals surface area (Å²) >= 11 is 1.45. The Labute approximate surface area is 101 Å². The number of piperidine rings is 1. The Kier molecular flexibility index (Phi) is 3.53. The zero-order chi connectivity index (χ0) is 11.5. The Bertz CT molecular complexity index is 353. The number of nitrogens with zero attached hydrogens (tertiary/aromatic N) is 2. The maximum atomic E-state index is 5.83. The third-order valence-corrected chi connectivity index (χ3v) is 3.89. The van der Waals surface area contributed by atoms with Crippen LogP contribution in [0, 0.1) is 0 Å². The molecule has 2 rings (SSSR count). The summed E-state index contributed by atoms with van der Waals surface area (Å²) in [6.45, 7) is 5.95. The lowest BCUT2D eigenvalue weighted by Crippen LogP contribution is -2.37. The Hall–Kier alpha value is -0.970. The average Bonchev–Trinajstić information content (AvgIpc) is 2.62. The van der Waals surface area contributed by atoms with E-state index in [1.54, 1.807) is 0 Å². The van der Waals surface area contributed by atoms with Crippen molar-refractivity contribution < 1.29 is 4.74 Å². The van der Waals surface area contributed by atoms with Gasteiger partial charge in [-0.3, -0.25) is 0 Å². The average molecular weight is 241 g/mol. The summed E-state index contributed by atoms with van der Waals surface area (Å²) in [5.74, 6) is 1.31. The molecule has 0 bridgehead atoms. The maximum Gasteiger partial charge on any atom is 0.197 e. The van der Waals surface area contributed by atoms with Crippen molar-refractivity contribution in [3.05, 3.63) is 0 Å². The number of anilines is 2. The minimum atomic E-state index is 0.527. The monoisotopic (exact) mass is 241 g/mol. The number of nitrogen functional groups attached to an aromatic ring is 1. The first kappa shape index (κ1) is 11.5. The molecule has 0 spiro atoms. The van der Waals surface area contributed by atoms with Crippen LogP contribution in [-0.4, -0.2) is 23.6 Å². The minimum absolute atomic E-state index is 0.527. The SMILES string of the molecule is CCOc1c(N)nsc1N1CCCCC1C. The van der Waals surface area contributed by atoms with E-state index in [-0.39, 0.29) is 0 Å². The quantitative estimate of drug-likeness (QED) is 0.883. The molecule has 1 atom stereocenters. The van der Waals surface area contributed by atoms with Gasteiger partial charge in [-0.2, -0.15) is 4.37 Å². The van der Waals surface area contributed by atoms with Crippen molar-refractivity contribution in [2.24, 2.45) is 0 Å². The Morgan fingerprint density at radius 2 is 2.38 bits per heavy atom. The molecule has 0 amide bonds. The first-order chi connectivity index (χ1) is 7.74. The molecular formula is C11H19N3OS. The van der Waals surface area contributed by atoms with Crippen LogP contribution in [0.1, 0.15) is 33.1 Å². The fourth-order valence-electron chi connectivity index (χ4n) is 2.15. The lowest BCUT2D eigenvalue weighted by Gasteiger charge is -2.34. The molecule has 1 aliphatic rings. The van der Waals surface area contributed by atoms with Crippen molar-refractivity contribution in [2.45, 2.75) is 39.2 Å².